The molecule has 0 spiro atoms. The molecule has 0 atom stereocenters. The molecule has 1 saturated carbocycles. The summed E-state index contributed by atoms with van der Waals surface area (Å²) in [5, 5.41) is 0. The van der Waals surface area contributed by atoms with Crippen LogP contribution in [0.1, 0.15) is 38.8 Å². The Morgan fingerprint density at radius 3 is 2.58 bits per heavy atom. The van der Waals surface area contributed by atoms with Crippen LogP contribution >= 0.6 is 0 Å². The maximum atomic E-state index is 12.8. The zero-order valence-electron chi connectivity index (χ0n) is 15.1. The van der Waals surface area contributed by atoms with E-state index < -0.39 is 0 Å². The Morgan fingerprint density at radius 1 is 1.38 bits per heavy atom. The molecule has 0 bridgehead atoms. The summed E-state index contributed by atoms with van der Waals surface area (Å²) in [6.07, 6.45) is 6.24. The molecule has 2 rings (SSSR count). The molecule has 0 aliphatic heterocycles. The molecule has 1 aromatic rings. The van der Waals surface area contributed by atoms with Crippen LogP contribution in [0.2, 0.25) is 0 Å². The molecule has 1 heterocycles. The Labute approximate surface area is 144 Å². The molecule has 1 fully saturated rings. The van der Waals surface area contributed by atoms with Crippen molar-refractivity contribution in [3.8, 4) is 0 Å². The first-order valence-corrected chi connectivity index (χ1v) is 8.70. The number of carbonyl (C=O) groups is 2. The van der Waals surface area contributed by atoms with Crippen molar-refractivity contribution in [1.82, 2.24) is 14.4 Å². The summed E-state index contributed by atoms with van der Waals surface area (Å²) in [6, 6.07) is 4.34. The molecule has 0 saturated heterocycles. The van der Waals surface area contributed by atoms with Crippen molar-refractivity contribution in [2.45, 2.75) is 45.7 Å². The number of carbonyl (C=O) groups excluding carboxylic acids is 2. The van der Waals surface area contributed by atoms with Crippen LogP contribution in [0.4, 0.5) is 0 Å². The third-order valence-electron chi connectivity index (χ3n) is 4.30. The predicted octanol–water partition coefficient (Wildman–Crippen LogP) is 2.58. The number of rotatable bonds is 9. The second kappa shape index (κ2) is 8.18. The lowest BCUT2D eigenvalue weighted by Crippen LogP contribution is -2.44. The molecular weight excluding hydrogens is 302 g/mol. The number of nitrogens with zero attached hydrogens (tertiary/aromatic N) is 3. The van der Waals surface area contributed by atoms with Gasteiger partial charge in [-0.1, -0.05) is 19.9 Å². The number of amides is 2. The fraction of sp³-hybridized carbons (Fsp3) is 0.579. The summed E-state index contributed by atoms with van der Waals surface area (Å²) in [4.78, 5) is 28.7. The monoisotopic (exact) mass is 331 g/mol. The highest BCUT2D eigenvalue weighted by atomic mass is 16.2. The Balaban J connectivity index is 2.03. The Bertz CT molecular complexity index is 587. The smallest absolute Gasteiger partial charge is 0.242 e. The van der Waals surface area contributed by atoms with E-state index in [-0.39, 0.29) is 24.3 Å². The first-order chi connectivity index (χ1) is 11.4. The van der Waals surface area contributed by atoms with E-state index in [0.717, 1.165) is 18.5 Å². The van der Waals surface area contributed by atoms with Crippen LogP contribution in [0.25, 0.3) is 0 Å². The van der Waals surface area contributed by atoms with Gasteiger partial charge in [0, 0.05) is 37.9 Å². The molecule has 1 aromatic heterocycles. The molecule has 0 aromatic carbocycles. The van der Waals surface area contributed by atoms with Crippen LogP contribution < -0.4 is 0 Å². The average Bonchev–Trinajstić information content (AvgIpc) is 3.26. The van der Waals surface area contributed by atoms with Gasteiger partial charge in [0.05, 0.1) is 6.54 Å². The van der Waals surface area contributed by atoms with Gasteiger partial charge in [0.2, 0.25) is 11.8 Å². The molecule has 5 heteroatoms. The molecule has 2 amide bonds. The summed E-state index contributed by atoms with van der Waals surface area (Å²) in [6.45, 7) is 8.89. The van der Waals surface area contributed by atoms with Crippen LogP contribution in [0, 0.1) is 5.92 Å². The summed E-state index contributed by atoms with van der Waals surface area (Å²) >= 11 is 0. The zero-order valence-corrected chi connectivity index (χ0v) is 15.1. The lowest BCUT2D eigenvalue weighted by Gasteiger charge is -2.27. The molecule has 1 aliphatic rings. The van der Waals surface area contributed by atoms with Gasteiger partial charge >= 0.3 is 0 Å². The molecule has 132 valence electrons. The van der Waals surface area contributed by atoms with Gasteiger partial charge in [0.15, 0.2) is 0 Å². The van der Waals surface area contributed by atoms with Crippen molar-refractivity contribution in [1.29, 1.82) is 0 Å². The SMILES string of the molecule is C=CCN(CC(=O)N(Cc1cccn1C)C1CC1)C(=O)CC(C)C. The average molecular weight is 331 g/mol. The molecule has 1 aliphatic carbocycles. The van der Waals surface area contributed by atoms with Gasteiger partial charge in [0.1, 0.15) is 6.54 Å². The van der Waals surface area contributed by atoms with Gasteiger partial charge in [-0.05, 0) is 30.9 Å². The minimum Gasteiger partial charge on any atom is -0.353 e. The van der Waals surface area contributed by atoms with Gasteiger partial charge in [-0.15, -0.1) is 6.58 Å². The topological polar surface area (TPSA) is 45.6 Å². The maximum absolute atomic E-state index is 12.8. The van der Waals surface area contributed by atoms with Crippen molar-refractivity contribution in [3.05, 3.63) is 36.7 Å². The molecule has 24 heavy (non-hydrogen) atoms. The van der Waals surface area contributed by atoms with E-state index in [2.05, 4.69) is 6.58 Å². The van der Waals surface area contributed by atoms with Crippen LogP contribution in [0.5, 0.6) is 0 Å². The van der Waals surface area contributed by atoms with Crippen LogP contribution in [0.3, 0.4) is 0 Å². The third-order valence-corrected chi connectivity index (χ3v) is 4.30. The van der Waals surface area contributed by atoms with Crippen molar-refractivity contribution >= 4 is 11.8 Å². The van der Waals surface area contributed by atoms with E-state index in [1.54, 1.807) is 11.0 Å². The first-order valence-electron chi connectivity index (χ1n) is 8.70. The number of hydrogen-bond donors (Lipinski definition) is 0. The van der Waals surface area contributed by atoms with E-state index in [1.165, 1.54) is 0 Å². The first kappa shape index (κ1) is 18.3. The molecule has 0 N–H and O–H groups in total. The predicted molar refractivity (Wildman–Crippen MR) is 95.2 cm³/mol. The van der Waals surface area contributed by atoms with Crippen LogP contribution in [-0.4, -0.2) is 45.3 Å². The Morgan fingerprint density at radius 2 is 2.08 bits per heavy atom. The number of aryl methyl sites for hydroxylation is 1. The molecule has 0 unspecified atom stereocenters. The van der Waals surface area contributed by atoms with Crippen molar-refractivity contribution in [2.75, 3.05) is 13.1 Å². The van der Waals surface area contributed by atoms with Gasteiger partial charge in [0.25, 0.3) is 0 Å². The van der Waals surface area contributed by atoms with E-state index >= 15 is 0 Å². The molecular formula is C19H29N3O2. The maximum Gasteiger partial charge on any atom is 0.242 e. The lowest BCUT2D eigenvalue weighted by molar-refractivity contribution is -0.141. The van der Waals surface area contributed by atoms with Gasteiger partial charge in [-0.2, -0.15) is 0 Å². The van der Waals surface area contributed by atoms with Crippen LogP contribution in [0.15, 0.2) is 31.0 Å². The van der Waals surface area contributed by atoms with Gasteiger partial charge in [-0.3, -0.25) is 9.59 Å². The summed E-state index contributed by atoms with van der Waals surface area (Å²) in [7, 11) is 1.99. The second-order valence-corrected chi connectivity index (χ2v) is 7.02. The van der Waals surface area contributed by atoms with Gasteiger partial charge in [-0.25, -0.2) is 0 Å². The zero-order chi connectivity index (χ0) is 17.7. The van der Waals surface area contributed by atoms with Crippen molar-refractivity contribution in [3.63, 3.8) is 0 Å². The highest BCUT2D eigenvalue weighted by molar-refractivity contribution is 5.85. The highest BCUT2D eigenvalue weighted by Gasteiger charge is 2.34. The summed E-state index contributed by atoms with van der Waals surface area (Å²) in [5.41, 5.74) is 1.11. The van der Waals surface area contributed by atoms with E-state index in [9.17, 15) is 9.59 Å². The standard InChI is InChI=1S/C19H29N3O2/c1-5-10-21(18(23)12-15(2)3)14-19(24)22(16-8-9-16)13-17-7-6-11-20(17)4/h5-7,11,15-16H,1,8-10,12-14H2,2-4H3. The van der Waals surface area contributed by atoms with Crippen molar-refractivity contribution < 1.29 is 9.59 Å². The van der Waals surface area contributed by atoms with Gasteiger partial charge < -0.3 is 14.4 Å². The third kappa shape index (κ3) is 4.98. The highest BCUT2D eigenvalue weighted by Crippen LogP contribution is 2.28. The van der Waals surface area contributed by atoms with E-state index in [4.69, 9.17) is 0 Å². The summed E-state index contributed by atoms with van der Waals surface area (Å²) in [5.74, 6) is 0.327. The molecule has 0 radical (unpaired) electrons. The van der Waals surface area contributed by atoms with E-state index in [1.807, 2.05) is 48.7 Å². The largest absolute Gasteiger partial charge is 0.353 e. The fourth-order valence-corrected chi connectivity index (χ4v) is 2.79. The minimum absolute atomic E-state index is 0.0212. The number of aromatic nitrogens is 1. The summed E-state index contributed by atoms with van der Waals surface area (Å²) < 4.78 is 2.04. The number of hydrogen-bond acceptors (Lipinski definition) is 2. The van der Waals surface area contributed by atoms with Crippen LogP contribution in [-0.2, 0) is 23.2 Å². The fourth-order valence-electron chi connectivity index (χ4n) is 2.79. The quantitative estimate of drug-likeness (QED) is 0.653. The lowest BCUT2D eigenvalue weighted by atomic mass is 10.1. The Hall–Kier alpha value is -2.04. The van der Waals surface area contributed by atoms with Crippen molar-refractivity contribution in [2.24, 2.45) is 13.0 Å². The molecule has 5 nitrogen and oxygen atoms in total. The van der Waals surface area contributed by atoms with E-state index in [0.29, 0.717) is 25.6 Å². The normalized spacial score (nSPS) is 13.8. The Kier molecular flexibility index (Phi) is 6.23. The second-order valence-electron chi connectivity index (χ2n) is 7.02. The minimum atomic E-state index is 0.0212.